The van der Waals surface area contributed by atoms with Crippen LogP contribution in [0.3, 0.4) is 0 Å². The van der Waals surface area contributed by atoms with Gasteiger partial charge in [-0.25, -0.2) is 15.0 Å². The third kappa shape index (κ3) is 7.70. The summed E-state index contributed by atoms with van der Waals surface area (Å²) in [5.41, 5.74) is 4.74. The van der Waals surface area contributed by atoms with Gasteiger partial charge in [0.15, 0.2) is 11.5 Å². The monoisotopic (exact) mass is 589 g/mol. The molecule has 1 atom stereocenters. The van der Waals surface area contributed by atoms with E-state index in [1.165, 1.54) is 36.8 Å². The fraction of sp³-hybridized carbons (Fsp3) is 0.258. The van der Waals surface area contributed by atoms with Gasteiger partial charge in [-0.1, -0.05) is 37.3 Å². The molecule has 0 fully saturated rings. The van der Waals surface area contributed by atoms with Gasteiger partial charge >= 0.3 is 23.8 Å². The van der Waals surface area contributed by atoms with Gasteiger partial charge in [0.25, 0.3) is 0 Å². The van der Waals surface area contributed by atoms with Crippen molar-refractivity contribution in [3.8, 4) is 11.5 Å². The summed E-state index contributed by atoms with van der Waals surface area (Å²) in [6.07, 6.45) is 6.69. The van der Waals surface area contributed by atoms with Crippen LogP contribution in [0.15, 0.2) is 59.7 Å². The second-order valence-corrected chi connectivity index (χ2v) is 10.6. The van der Waals surface area contributed by atoms with Crippen LogP contribution in [0.5, 0.6) is 11.5 Å². The number of hydrazone groups is 1. The minimum Gasteiger partial charge on any atom is -0.493 e. The highest BCUT2D eigenvalue weighted by atomic mass is 32.1. The number of fused-ring (bicyclic) bond motifs is 1. The maximum absolute atomic E-state index is 12.7. The van der Waals surface area contributed by atoms with Crippen molar-refractivity contribution in [2.75, 3.05) is 19.0 Å². The highest BCUT2D eigenvalue weighted by molar-refractivity contribution is 7.17. The van der Waals surface area contributed by atoms with Crippen LogP contribution in [0.1, 0.15) is 52.2 Å². The van der Waals surface area contributed by atoms with Gasteiger partial charge in [-0.2, -0.15) is 5.10 Å². The number of rotatable bonds is 9. The number of esters is 2. The second-order valence-electron chi connectivity index (χ2n) is 9.51. The molecule has 0 spiro atoms. The third-order valence-electron chi connectivity index (χ3n) is 6.41. The summed E-state index contributed by atoms with van der Waals surface area (Å²) >= 11 is 1.29. The molecule has 2 N–H and O–H groups in total. The second kappa shape index (κ2) is 14.2. The summed E-state index contributed by atoms with van der Waals surface area (Å²) in [5.74, 6) is -2.14. The number of methoxy groups -OCH3 is 1. The molecule has 4 rings (SSSR count). The molecule has 11 heteroatoms. The number of carbonyl (C=O) groups excluding carboxylic acids is 4. The van der Waals surface area contributed by atoms with Gasteiger partial charge in [0.1, 0.15) is 5.00 Å². The maximum atomic E-state index is 12.7. The molecule has 2 amide bonds. The highest BCUT2D eigenvalue weighted by Crippen LogP contribution is 2.40. The van der Waals surface area contributed by atoms with Crippen molar-refractivity contribution in [3.63, 3.8) is 0 Å². The number of anilines is 1. The SMILES string of the molecule is CCOC(=O)c1c(NC(=O)C(=O)N/N=C\c2ccc(OC(=O)/C=C/c3ccccc3)c(OC)c2)sc2c1CC[C@@H](C)C2. The molecule has 1 aliphatic carbocycles. The van der Waals surface area contributed by atoms with Gasteiger partial charge in [0, 0.05) is 11.0 Å². The first-order valence-corrected chi connectivity index (χ1v) is 14.2. The summed E-state index contributed by atoms with van der Waals surface area (Å²) in [7, 11) is 1.42. The molecule has 3 aromatic rings. The number of nitrogens with one attached hydrogen (secondary N) is 2. The number of hydrogen-bond acceptors (Lipinski definition) is 9. The van der Waals surface area contributed by atoms with Crippen molar-refractivity contribution in [2.24, 2.45) is 11.0 Å². The Morgan fingerprint density at radius 3 is 2.57 bits per heavy atom. The highest BCUT2D eigenvalue weighted by Gasteiger charge is 2.30. The number of carbonyl (C=O) groups is 4. The Balaban J connectivity index is 1.37. The summed E-state index contributed by atoms with van der Waals surface area (Å²) in [5, 5.41) is 6.70. The zero-order valence-electron chi connectivity index (χ0n) is 23.5. The Bertz CT molecular complexity index is 1530. The fourth-order valence-corrected chi connectivity index (χ4v) is 5.75. The predicted octanol–water partition coefficient (Wildman–Crippen LogP) is 4.77. The average molecular weight is 590 g/mol. The summed E-state index contributed by atoms with van der Waals surface area (Å²) in [4.78, 5) is 51.0. The topological polar surface area (TPSA) is 132 Å². The molecule has 0 unspecified atom stereocenters. The van der Waals surface area contributed by atoms with E-state index in [0.717, 1.165) is 28.8 Å². The molecule has 0 saturated heterocycles. The van der Waals surface area contributed by atoms with E-state index in [1.54, 1.807) is 25.1 Å². The summed E-state index contributed by atoms with van der Waals surface area (Å²) in [6, 6.07) is 14.0. The lowest BCUT2D eigenvalue weighted by atomic mass is 9.88. The van der Waals surface area contributed by atoms with Crippen LogP contribution in [-0.4, -0.2) is 43.7 Å². The first kappa shape index (κ1) is 30.2. The minimum absolute atomic E-state index is 0.196. The Labute approximate surface area is 247 Å². The van der Waals surface area contributed by atoms with Crippen molar-refractivity contribution < 1.29 is 33.4 Å². The van der Waals surface area contributed by atoms with Crippen molar-refractivity contribution >= 4 is 52.4 Å². The van der Waals surface area contributed by atoms with Crippen LogP contribution < -0.4 is 20.2 Å². The fourth-order valence-electron chi connectivity index (χ4n) is 4.35. The van der Waals surface area contributed by atoms with E-state index in [4.69, 9.17) is 14.2 Å². The molecular weight excluding hydrogens is 558 g/mol. The zero-order chi connectivity index (χ0) is 30.1. The molecule has 42 heavy (non-hydrogen) atoms. The van der Waals surface area contributed by atoms with E-state index in [2.05, 4.69) is 22.8 Å². The number of hydrogen-bond donors (Lipinski definition) is 2. The van der Waals surface area contributed by atoms with Crippen molar-refractivity contribution in [1.29, 1.82) is 0 Å². The number of thiophene rings is 1. The van der Waals surface area contributed by atoms with Gasteiger partial charge in [0.2, 0.25) is 0 Å². The van der Waals surface area contributed by atoms with E-state index in [-0.39, 0.29) is 18.1 Å². The molecule has 10 nitrogen and oxygen atoms in total. The molecule has 218 valence electrons. The number of nitrogens with zero attached hydrogens (tertiary/aromatic N) is 1. The summed E-state index contributed by atoms with van der Waals surface area (Å²) in [6.45, 7) is 4.04. The molecule has 0 aliphatic heterocycles. The van der Waals surface area contributed by atoms with Crippen LogP contribution in [0.2, 0.25) is 0 Å². The largest absolute Gasteiger partial charge is 0.493 e. The van der Waals surface area contributed by atoms with E-state index < -0.39 is 23.8 Å². The lowest BCUT2D eigenvalue weighted by Gasteiger charge is -2.18. The predicted molar refractivity (Wildman–Crippen MR) is 160 cm³/mol. The van der Waals surface area contributed by atoms with Crippen molar-refractivity contribution in [2.45, 2.75) is 33.1 Å². The Morgan fingerprint density at radius 1 is 1.05 bits per heavy atom. The quantitative estimate of drug-likeness (QED) is 0.0918. The van der Waals surface area contributed by atoms with Gasteiger partial charge < -0.3 is 19.5 Å². The minimum atomic E-state index is -1.01. The molecule has 1 aromatic heterocycles. The Hall–Kier alpha value is -4.77. The Morgan fingerprint density at radius 2 is 1.83 bits per heavy atom. The molecule has 0 saturated carbocycles. The third-order valence-corrected chi connectivity index (χ3v) is 7.58. The molecule has 1 aliphatic rings. The molecule has 0 radical (unpaired) electrons. The van der Waals surface area contributed by atoms with Crippen molar-refractivity contribution in [1.82, 2.24) is 5.43 Å². The average Bonchev–Trinajstić information content (AvgIpc) is 3.34. The van der Waals surface area contributed by atoms with Gasteiger partial charge in [-0.15, -0.1) is 11.3 Å². The van der Waals surface area contributed by atoms with Crippen LogP contribution in [-0.2, 0) is 32.0 Å². The van der Waals surface area contributed by atoms with Gasteiger partial charge in [0.05, 0.1) is 25.5 Å². The zero-order valence-corrected chi connectivity index (χ0v) is 24.3. The first-order chi connectivity index (χ1) is 20.3. The van der Waals surface area contributed by atoms with E-state index in [0.29, 0.717) is 28.5 Å². The lowest BCUT2D eigenvalue weighted by molar-refractivity contribution is -0.136. The van der Waals surface area contributed by atoms with Crippen LogP contribution in [0, 0.1) is 5.92 Å². The van der Waals surface area contributed by atoms with Gasteiger partial charge in [-0.3, -0.25) is 9.59 Å². The van der Waals surface area contributed by atoms with E-state index in [1.807, 2.05) is 30.3 Å². The Kier molecular flexibility index (Phi) is 10.2. The van der Waals surface area contributed by atoms with Crippen LogP contribution >= 0.6 is 11.3 Å². The molecule has 1 heterocycles. The first-order valence-electron chi connectivity index (χ1n) is 13.4. The molecule has 0 bridgehead atoms. The number of amides is 2. The van der Waals surface area contributed by atoms with Crippen molar-refractivity contribution in [3.05, 3.63) is 81.7 Å². The van der Waals surface area contributed by atoms with Gasteiger partial charge in [-0.05, 0) is 73.1 Å². The number of ether oxygens (including phenoxy) is 3. The standard InChI is InChI=1S/C31H31N3O7S/c1-4-40-31(38)27-22-13-10-19(2)16-25(22)42-30(27)33-28(36)29(37)34-32-18-21-11-14-23(24(17-21)39-3)41-26(35)15-12-20-8-6-5-7-9-20/h5-9,11-12,14-15,17-19H,4,10,13,16H2,1-3H3,(H,33,36)(H,34,37)/b15-12+,32-18-/t19-/m1/s1. The van der Waals surface area contributed by atoms with Crippen LogP contribution in [0.25, 0.3) is 6.08 Å². The maximum Gasteiger partial charge on any atom is 0.341 e. The normalized spacial score (nSPS) is 14.3. The lowest BCUT2D eigenvalue weighted by Crippen LogP contribution is -2.32. The van der Waals surface area contributed by atoms with E-state index in [9.17, 15) is 19.2 Å². The summed E-state index contributed by atoms with van der Waals surface area (Å²) < 4.78 is 15.9. The smallest absolute Gasteiger partial charge is 0.341 e. The molecule has 2 aromatic carbocycles. The molecular formula is C31H31N3O7S. The van der Waals surface area contributed by atoms with Crippen LogP contribution in [0.4, 0.5) is 5.00 Å². The number of benzene rings is 2. The van der Waals surface area contributed by atoms with E-state index >= 15 is 0 Å².